The summed E-state index contributed by atoms with van der Waals surface area (Å²) in [6, 6.07) is 4.72. The zero-order valence-electron chi connectivity index (χ0n) is 12.8. The van der Waals surface area contributed by atoms with Crippen molar-refractivity contribution < 1.29 is 8.42 Å². The van der Waals surface area contributed by atoms with Crippen LogP contribution in [0.25, 0.3) is 0 Å². The summed E-state index contributed by atoms with van der Waals surface area (Å²) < 4.78 is 26.7. The van der Waals surface area contributed by atoms with Crippen molar-refractivity contribution in [2.75, 3.05) is 33.7 Å². The summed E-state index contributed by atoms with van der Waals surface area (Å²) in [5.74, 6) is 0. The largest absolute Gasteiger partial charge is 0.326 e. The monoisotopic (exact) mass is 333 g/mol. The van der Waals surface area contributed by atoms with Gasteiger partial charge < -0.3 is 10.6 Å². The van der Waals surface area contributed by atoms with E-state index in [2.05, 4.69) is 0 Å². The third-order valence-electron chi connectivity index (χ3n) is 3.25. The summed E-state index contributed by atoms with van der Waals surface area (Å²) >= 11 is 6.06. The predicted octanol–water partition coefficient (Wildman–Crippen LogP) is 1.76. The maximum atomic E-state index is 12.6. The molecule has 5 nitrogen and oxygen atoms in total. The van der Waals surface area contributed by atoms with Crippen molar-refractivity contribution in [3.63, 3.8) is 0 Å². The standard InChI is InChI=1S/C14H24ClN3O2S/c1-4-18(9-5-8-17(2)3)21(19,20)13-7-6-12(11-16)14(15)10-13/h6-7,10H,4-5,8-9,11,16H2,1-3H3. The number of nitrogens with zero attached hydrogens (tertiary/aromatic N) is 2. The fourth-order valence-electron chi connectivity index (χ4n) is 2.01. The molecule has 1 aromatic rings. The zero-order chi connectivity index (χ0) is 16.0. The number of hydrogen-bond acceptors (Lipinski definition) is 4. The van der Waals surface area contributed by atoms with Crippen LogP contribution in [-0.4, -0.2) is 51.4 Å². The van der Waals surface area contributed by atoms with Gasteiger partial charge in [-0.1, -0.05) is 24.6 Å². The van der Waals surface area contributed by atoms with E-state index < -0.39 is 10.0 Å². The molecule has 120 valence electrons. The zero-order valence-corrected chi connectivity index (χ0v) is 14.4. The minimum Gasteiger partial charge on any atom is -0.326 e. The molecule has 0 spiro atoms. The summed E-state index contributed by atoms with van der Waals surface area (Å²) in [4.78, 5) is 2.25. The number of halogens is 1. The number of sulfonamides is 1. The highest BCUT2D eigenvalue weighted by atomic mass is 35.5. The van der Waals surface area contributed by atoms with E-state index in [1.807, 2.05) is 25.9 Å². The summed E-state index contributed by atoms with van der Waals surface area (Å²) in [7, 11) is 0.430. The van der Waals surface area contributed by atoms with E-state index >= 15 is 0 Å². The van der Waals surface area contributed by atoms with Gasteiger partial charge >= 0.3 is 0 Å². The molecule has 0 unspecified atom stereocenters. The number of nitrogens with two attached hydrogens (primary N) is 1. The molecule has 0 aliphatic carbocycles. The molecule has 0 bridgehead atoms. The van der Waals surface area contributed by atoms with Gasteiger partial charge in [0, 0.05) is 24.7 Å². The average molecular weight is 334 g/mol. The van der Waals surface area contributed by atoms with Gasteiger partial charge in [-0.15, -0.1) is 0 Å². The molecular formula is C14H24ClN3O2S. The third-order valence-corrected chi connectivity index (χ3v) is 5.57. The average Bonchev–Trinajstić information content (AvgIpc) is 2.42. The van der Waals surface area contributed by atoms with Gasteiger partial charge in [0.1, 0.15) is 0 Å². The highest BCUT2D eigenvalue weighted by molar-refractivity contribution is 7.89. The van der Waals surface area contributed by atoms with Crippen molar-refractivity contribution in [1.82, 2.24) is 9.21 Å². The lowest BCUT2D eigenvalue weighted by atomic mass is 10.2. The third kappa shape index (κ3) is 4.93. The van der Waals surface area contributed by atoms with Crippen LogP contribution in [0.1, 0.15) is 18.9 Å². The Balaban J connectivity index is 2.93. The number of rotatable bonds is 8. The Bertz CT molecular complexity index is 561. The van der Waals surface area contributed by atoms with Crippen molar-refractivity contribution in [3.8, 4) is 0 Å². The molecule has 2 N–H and O–H groups in total. The van der Waals surface area contributed by atoms with Crippen LogP contribution < -0.4 is 5.73 Å². The predicted molar refractivity (Wildman–Crippen MR) is 86.9 cm³/mol. The Kier molecular flexibility index (Phi) is 7.09. The molecule has 0 saturated heterocycles. The van der Waals surface area contributed by atoms with E-state index in [1.165, 1.54) is 10.4 Å². The lowest BCUT2D eigenvalue weighted by Crippen LogP contribution is -2.33. The minimum absolute atomic E-state index is 0.219. The summed E-state index contributed by atoms with van der Waals surface area (Å²) in [6.45, 7) is 3.90. The Hall–Kier alpha value is -0.660. The smallest absolute Gasteiger partial charge is 0.243 e. The highest BCUT2D eigenvalue weighted by Gasteiger charge is 2.23. The van der Waals surface area contributed by atoms with Gasteiger partial charge in [-0.3, -0.25) is 0 Å². The van der Waals surface area contributed by atoms with Crippen LogP contribution >= 0.6 is 11.6 Å². The molecule has 0 heterocycles. The Morgan fingerprint density at radius 3 is 2.38 bits per heavy atom. The molecule has 0 aromatic heterocycles. The van der Waals surface area contributed by atoms with Crippen LogP contribution in [0, 0.1) is 0 Å². The second-order valence-electron chi connectivity index (χ2n) is 5.11. The lowest BCUT2D eigenvalue weighted by Gasteiger charge is -2.21. The molecule has 21 heavy (non-hydrogen) atoms. The minimum atomic E-state index is -3.51. The van der Waals surface area contributed by atoms with Crippen molar-refractivity contribution in [2.24, 2.45) is 5.73 Å². The Labute approximate surface area is 132 Å². The van der Waals surface area contributed by atoms with E-state index in [0.717, 1.165) is 18.5 Å². The van der Waals surface area contributed by atoms with Crippen molar-refractivity contribution in [1.29, 1.82) is 0 Å². The first kappa shape index (κ1) is 18.4. The van der Waals surface area contributed by atoms with E-state index in [1.54, 1.807) is 12.1 Å². The molecule has 0 aliphatic heterocycles. The quantitative estimate of drug-likeness (QED) is 0.787. The second-order valence-corrected chi connectivity index (χ2v) is 7.46. The van der Waals surface area contributed by atoms with Crippen molar-refractivity contribution >= 4 is 21.6 Å². The molecule has 0 aliphatic rings. The normalized spacial score (nSPS) is 12.3. The molecule has 1 rings (SSSR count). The summed E-state index contributed by atoms with van der Waals surface area (Å²) in [6.07, 6.45) is 0.786. The molecule has 1 aromatic carbocycles. The van der Waals surface area contributed by atoms with Crippen molar-refractivity contribution in [2.45, 2.75) is 24.8 Å². The van der Waals surface area contributed by atoms with Gasteiger partial charge in [0.2, 0.25) is 10.0 Å². The van der Waals surface area contributed by atoms with Crippen LogP contribution in [0.3, 0.4) is 0 Å². The van der Waals surface area contributed by atoms with Gasteiger partial charge in [-0.05, 0) is 44.8 Å². The molecule has 0 fully saturated rings. The van der Waals surface area contributed by atoms with Gasteiger partial charge in [0.15, 0.2) is 0 Å². The first-order valence-electron chi connectivity index (χ1n) is 6.96. The van der Waals surface area contributed by atoms with Crippen LogP contribution in [-0.2, 0) is 16.6 Å². The topological polar surface area (TPSA) is 66.6 Å². The Morgan fingerprint density at radius 1 is 1.24 bits per heavy atom. The number of hydrogen-bond donors (Lipinski definition) is 1. The lowest BCUT2D eigenvalue weighted by molar-refractivity contribution is 0.356. The van der Waals surface area contributed by atoms with E-state index in [0.29, 0.717) is 24.7 Å². The maximum Gasteiger partial charge on any atom is 0.243 e. The first-order chi connectivity index (χ1) is 9.82. The fourth-order valence-corrected chi connectivity index (χ4v) is 3.85. The molecule has 0 atom stereocenters. The highest BCUT2D eigenvalue weighted by Crippen LogP contribution is 2.23. The van der Waals surface area contributed by atoms with E-state index in [4.69, 9.17) is 17.3 Å². The second kappa shape index (κ2) is 8.10. The van der Waals surface area contributed by atoms with Crippen LogP contribution in [0.2, 0.25) is 5.02 Å². The van der Waals surface area contributed by atoms with Crippen LogP contribution in [0.15, 0.2) is 23.1 Å². The SMILES string of the molecule is CCN(CCCN(C)C)S(=O)(=O)c1ccc(CN)c(Cl)c1. The van der Waals surface area contributed by atoms with Gasteiger partial charge in [0.25, 0.3) is 0 Å². The van der Waals surface area contributed by atoms with E-state index in [-0.39, 0.29) is 4.90 Å². The van der Waals surface area contributed by atoms with Crippen LogP contribution in [0.4, 0.5) is 0 Å². The van der Waals surface area contributed by atoms with Gasteiger partial charge in [0.05, 0.1) is 4.90 Å². The first-order valence-corrected chi connectivity index (χ1v) is 8.78. The fraction of sp³-hybridized carbons (Fsp3) is 0.571. The molecule has 0 amide bonds. The van der Waals surface area contributed by atoms with Crippen molar-refractivity contribution in [3.05, 3.63) is 28.8 Å². The molecule has 7 heteroatoms. The molecular weight excluding hydrogens is 310 g/mol. The van der Waals surface area contributed by atoms with Gasteiger partial charge in [-0.2, -0.15) is 4.31 Å². The van der Waals surface area contributed by atoms with Crippen LogP contribution in [0.5, 0.6) is 0 Å². The van der Waals surface area contributed by atoms with Gasteiger partial charge in [-0.25, -0.2) is 8.42 Å². The summed E-state index contributed by atoms with van der Waals surface area (Å²) in [5.41, 5.74) is 6.28. The molecule has 0 saturated carbocycles. The molecule has 0 radical (unpaired) electrons. The number of benzene rings is 1. The Morgan fingerprint density at radius 2 is 1.90 bits per heavy atom. The van der Waals surface area contributed by atoms with E-state index in [9.17, 15) is 8.42 Å². The maximum absolute atomic E-state index is 12.6. The summed E-state index contributed by atoms with van der Waals surface area (Å²) in [5, 5.41) is 0.392.